The standard InChI is InChI=1S/C14H11BrN2O3/c15-11-4-2-10(3-5-11)13(18)17-8-9-1-6-12(14(19)20)16-7-9/h1-7H,8H2,(H,17,18)(H,19,20). The maximum atomic E-state index is 11.9. The van der Waals surface area contributed by atoms with E-state index in [1.54, 1.807) is 30.3 Å². The van der Waals surface area contributed by atoms with Gasteiger partial charge in [0.2, 0.25) is 0 Å². The van der Waals surface area contributed by atoms with Crippen LogP contribution >= 0.6 is 15.9 Å². The van der Waals surface area contributed by atoms with Gasteiger partial charge in [0, 0.05) is 22.8 Å². The smallest absolute Gasteiger partial charge is 0.354 e. The second-order valence-corrected chi connectivity index (χ2v) is 4.96. The molecule has 0 spiro atoms. The minimum absolute atomic E-state index is 0.0204. The Kier molecular flexibility index (Phi) is 4.47. The Labute approximate surface area is 123 Å². The number of amides is 1. The third-order valence-corrected chi connectivity index (χ3v) is 3.13. The van der Waals surface area contributed by atoms with Crippen molar-refractivity contribution in [3.05, 3.63) is 63.9 Å². The van der Waals surface area contributed by atoms with Crippen LogP contribution in [-0.4, -0.2) is 22.0 Å². The predicted molar refractivity (Wildman–Crippen MR) is 76.5 cm³/mol. The van der Waals surface area contributed by atoms with Crippen molar-refractivity contribution >= 4 is 27.8 Å². The second kappa shape index (κ2) is 6.29. The fraction of sp³-hybridized carbons (Fsp3) is 0.0714. The van der Waals surface area contributed by atoms with Gasteiger partial charge >= 0.3 is 5.97 Å². The molecule has 0 aliphatic heterocycles. The molecule has 0 bridgehead atoms. The maximum Gasteiger partial charge on any atom is 0.354 e. The van der Waals surface area contributed by atoms with Crippen LogP contribution < -0.4 is 5.32 Å². The number of halogens is 1. The molecule has 0 unspecified atom stereocenters. The van der Waals surface area contributed by atoms with Crippen molar-refractivity contribution < 1.29 is 14.7 Å². The molecule has 6 heteroatoms. The predicted octanol–water partition coefficient (Wildman–Crippen LogP) is 2.47. The van der Waals surface area contributed by atoms with Gasteiger partial charge in [-0.2, -0.15) is 0 Å². The average molecular weight is 335 g/mol. The number of aromatic carboxylic acids is 1. The van der Waals surface area contributed by atoms with Gasteiger partial charge in [0.1, 0.15) is 5.69 Å². The molecule has 2 aromatic rings. The Morgan fingerprint density at radius 2 is 1.85 bits per heavy atom. The van der Waals surface area contributed by atoms with Crippen molar-refractivity contribution in [1.29, 1.82) is 0 Å². The summed E-state index contributed by atoms with van der Waals surface area (Å²) in [6, 6.07) is 10.0. The van der Waals surface area contributed by atoms with Crippen LogP contribution in [0.25, 0.3) is 0 Å². The van der Waals surface area contributed by atoms with Gasteiger partial charge in [0.25, 0.3) is 5.91 Å². The first kappa shape index (κ1) is 14.2. The number of aromatic nitrogens is 1. The van der Waals surface area contributed by atoms with Crippen molar-refractivity contribution in [2.75, 3.05) is 0 Å². The fourth-order valence-electron chi connectivity index (χ4n) is 1.54. The fourth-order valence-corrected chi connectivity index (χ4v) is 1.81. The molecule has 0 aliphatic rings. The number of hydrogen-bond acceptors (Lipinski definition) is 3. The molecule has 2 rings (SSSR count). The van der Waals surface area contributed by atoms with Crippen molar-refractivity contribution in [2.45, 2.75) is 6.54 Å². The van der Waals surface area contributed by atoms with Crippen molar-refractivity contribution in [3.63, 3.8) is 0 Å². The topological polar surface area (TPSA) is 79.3 Å². The Balaban J connectivity index is 1.96. The van der Waals surface area contributed by atoms with E-state index in [4.69, 9.17) is 5.11 Å². The highest BCUT2D eigenvalue weighted by Crippen LogP contribution is 2.10. The van der Waals surface area contributed by atoms with Crippen LogP contribution in [0, 0.1) is 0 Å². The summed E-state index contributed by atoms with van der Waals surface area (Å²) in [5.41, 5.74) is 1.27. The van der Waals surface area contributed by atoms with E-state index in [9.17, 15) is 9.59 Å². The molecule has 0 atom stereocenters. The number of hydrogen-bond donors (Lipinski definition) is 2. The number of pyridine rings is 1. The summed E-state index contributed by atoms with van der Waals surface area (Å²) in [6.45, 7) is 0.293. The molecule has 0 radical (unpaired) electrons. The van der Waals surface area contributed by atoms with Crippen LogP contribution in [0.4, 0.5) is 0 Å². The SMILES string of the molecule is O=C(NCc1ccc(C(=O)O)nc1)c1ccc(Br)cc1. The van der Waals surface area contributed by atoms with E-state index in [1.807, 2.05) is 0 Å². The molecule has 20 heavy (non-hydrogen) atoms. The van der Waals surface area contributed by atoms with Gasteiger partial charge in [0.05, 0.1) is 0 Å². The van der Waals surface area contributed by atoms with Crippen molar-refractivity contribution in [1.82, 2.24) is 10.3 Å². The zero-order valence-corrected chi connectivity index (χ0v) is 11.9. The number of carboxylic acid groups (broad SMARTS) is 1. The van der Waals surface area contributed by atoms with Gasteiger partial charge in [-0.15, -0.1) is 0 Å². The molecule has 5 nitrogen and oxygen atoms in total. The van der Waals surface area contributed by atoms with E-state index in [0.29, 0.717) is 12.1 Å². The normalized spacial score (nSPS) is 10.1. The number of nitrogens with zero attached hydrogens (tertiary/aromatic N) is 1. The van der Waals surface area contributed by atoms with Gasteiger partial charge in [0.15, 0.2) is 0 Å². The largest absolute Gasteiger partial charge is 0.477 e. The van der Waals surface area contributed by atoms with Gasteiger partial charge in [-0.05, 0) is 35.9 Å². The molecule has 0 saturated heterocycles. The summed E-state index contributed by atoms with van der Waals surface area (Å²) in [7, 11) is 0. The third kappa shape index (κ3) is 3.64. The van der Waals surface area contributed by atoms with E-state index in [-0.39, 0.29) is 11.6 Å². The first-order valence-electron chi connectivity index (χ1n) is 5.78. The lowest BCUT2D eigenvalue weighted by atomic mass is 10.2. The molecule has 0 fully saturated rings. The zero-order valence-electron chi connectivity index (χ0n) is 10.3. The Morgan fingerprint density at radius 1 is 1.15 bits per heavy atom. The number of nitrogens with one attached hydrogen (secondary N) is 1. The molecule has 102 valence electrons. The lowest BCUT2D eigenvalue weighted by molar-refractivity contribution is 0.0690. The van der Waals surface area contributed by atoms with Crippen LogP contribution in [0.15, 0.2) is 47.1 Å². The minimum Gasteiger partial charge on any atom is -0.477 e. The average Bonchev–Trinajstić information content (AvgIpc) is 2.46. The first-order valence-corrected chi connectivity index (χ1v) is 6.57. The number of rotatable bonds is 4. The monoisotopic (exact) mass is 334 g/mol. The van der Waals surface area contributed by atoms with Crippen LogP contribution in [0.1, 0.15) is 26.4 Å². The summed E-state index contributed by atoms with van der Waals surface area (Å²) in [5, 5.41) is 11.5. The lowest BCUT2D eigenvalue weighted by Crippen LogP contribution is -2.22. The molecule has 1 heterocycles. The number of benzene rings is 1. The quantitative estimate of drug-likeness (QED) is 0.900. The van der Waals surface area contributed by atoms with Crippen molar-refractivity contribution in [3.8, 4) is 0 Å². The maximum absolute atomic E-state index is 11.9. The molecule has 0 saturated carbocycles. The lowest BCUT2D eigenvalue weighted by Gasteiger charge is -2.05. The number of carbonyl (C=O) groups is 2. The second-order valence-electron chi connectivity index (χ2n) is 4.05. The van der Waals surface area contributed by atoms with Crippen LogP contribution in [0.3, 0.4) is 0 Å². The number of carboxylic acids is 1. The summed E-state index contributed by atoms with van der Waals surface area (Å²) in [5.74, 6) is -1.27. The van der Waals surface area contributed by atoms with Crippen LogP contribution in [0.2, 0.25) is 0 Å². The molecule has 1 aromatic carbocycles. The van der Waals surface area contributed by atoms with E-state index in [2.05, 4.69) is 26.2 Å². The minimum atomic E-state index is -1.07. The van der Waals surface area contributed by atoms with Gasteiger partial charge in [-0.1, -0.05) is 22.0 Å². The number of carbonyl (C=O) groups excluding carboxylic acids is 1. The summed E-state index contributed by atoms with van der Waals surface area (Å²) >= 11 is 3.30. The van der Waals surface area contributed by atoms with E-state index < -0.39 is 5.97 Å². The van der Waals surface area contributed by atoms with Crippen molar-refractivity contribution in [2.24, 2.45) is 0 Å². The molecule has 2 N–H and O–H groups in total. The highest BCUT2D eigenvalue weighted by atomic mass is 79.9. The molecule has 1 amide bonds. The Bertz CT molecular complexity index is 624. The summed E-state index contributed by atoms with van der Waals surface area (Å²) in [4.78, 5) is 26.3. The first-order chi connectivity index (χ1) is 9.56. The van der Waals surface area contributed by atoms with Crippen LogP contribution in [0.5, 0.6) is 0 Å². The highest BCUT2D eigenvalue weighted by molar-refractivity contribution is 9.10. The van der Waals surface area contributed by atoms with E-state index >= 15 is 0 Å². The summed E-state index contributed by atoms with van der Waals surface area (Å²) < 4.78 is 0.905. The van der Waals surface area contributed by atoms with Crippen LogP contribution in [-0.2, 0) is 6.54 Å². The van der Waals surface area contributed by atoms with Gasteiger partial charge in [-0.25, -0.2) is 9.78 Å². The Morgan fingerprint density at radius 3 is 2.40 bits per heavy atom. The summed E-state index contributed by atoms with van der Waals surface area (Å²) in [6.07, 6.45) is 1.44. The molecule has 0 aliphatic carbocycles. The molecular formula is C14H11BrN2O3. The molecule has 1 aromatic heterocycles. The van der Waals surface area contributed by atoms with E-state index in [1.165, 1.54) is 12.3 Å². The van der Waals surface area contributed by atoms with Gasteiger partial charge in [-0.3, -0.25) is 4.79 Å². The van der Waals surface area contributed by atoms with E-state index in [0.717, 1.165) is 10.0 Å². The Hall–Kier alpha value is -2.21. The third-order valence-electron chi connectivity index (χ3n) is 2.60. The van der Waals surface area contributed by atoms with Gasteiger partial charge < -0.3 is 10.4 Å². The molecular weight excluding hydrogens is 324 g/mol. The zero-order chi connectivity index (χ0) is 14.5. The highest BCUT2D eigenvalue weighted by Gasteiger charge is 2.06.